The van der Waals surface area contributed by atoms with Crippen molar-refractivity contribution < 1.29 is 14.3 Å². The second-order valence-corrected chi connectivity index (χ2v) is 6.59. The number of nitrogens with one attached hydrogen (secondary N) is 1. The lowest BCUT2D eigenvalue weighted by molar-refractivity contribution is -0.132. The molecular formula is C22H19N3O3. The maximum Gasteiger partial charge on any atom is 0.358 e. The van der Waals surface area contributed by atoms with Gasteiger partial charge in [0, 0.05) is 24.0 Å². The van der Waals surface area contributed by atoms with E-state index in [-0.39, 0.29) is 12.1 Å². The predicted molar refractivity (Wildman–Crippen MR) is 107 cm³/mol. The van der Waals surface area contributed by atoms with Gasteiger partial charge in [-0.25, -0.2) is 9.79 Å². The van der Waals surface area contributed by atoms with Crippen molar-refractivity contribution in [3.8, 4) is 0 Å². The van der Waals surface area contributed by atoms with Gasteiger partial charge in [-0.2, -0.15) is 5.10 Å². The molecule has 1 N–H and O–H groups in total. The molecule has 6 heteroatoms. The monoisotopic (exact) mass is 373 g/mol. The number of nitrogens with zero attached hydrogens (tertiary/aromatic N) is 2. The maximum absolute atomic E-state index is 12.4. The number of carbonyl (C=O) groups excluding carboxylic acids is 2. The Morgan fingerprint density at radius 1 is 0.929 bits per heavy atom. The van der Waals surface area contributed by atoms with Crippen molar-refractivity contribution in [2.45, 2.75) is 25.7 Å². The van der Waals surface area contributed by atoms with Gasteiger partial charge in [0.05, 0.1) is 11.4 Å². The second-order valence-electron chi connectivity index (χ2n) is 6.59. The van der Waals surface area contributed by atoms with Crippen LogP contribution in [0.2, 0.25) is 0 Å². The summed E-state index contributed by atoms with van der Waals surface area (Å²) in [4.78, 5) is 28.7. The molecule has 4 rings (SSSR count). The maximum atomic E-state index is 12.4. The third-order valence-corrected chi connectivity index (χ3v) is 4.65. The van der Waals surface area contributed by atoms with Crippen LogP contribution in [-0.4, -0.2) is 23.3 Å². The molecule has 1 heterocycles. The first-order chi connectivity index (χ1) is 13.7. The van der Waals surface area contributed by atoms with Crippen LogP contribution >= 0.6 is 0 Å². The van der Waals surface area contributed by atoms with E-state index in [0.717, 1.165) is 29.8 Å². The number of amides is 1. The Bertz CT molecular complexity index is 992. The van der Waals surface area contributed by atoms with Gasteiger partial charge in [-0.3, -0.25) is 10.2 Å². The summed E-state index contributed by atoms with van der Waals surface area (Å²) in [6, 6.07) is 18.3. The summed E-state index contributed by atoms with van der Waals surface area (Å²) in [6.45, 7) is 0. The molecule has 2 aliphatic rings. The summed E-state index contributed by atoms with van der Waals surface area (Å²) in [5, 5.41) is 4.51. The summed E-state index contributed by atoms with van der Waals surface area (Å²) < 4.78 is 5.47. The summed E-state index contributed by atoms with van der Waals surface area (Å²) >= 11 is 0. The van der Waals surface area contributed by atoms with Crippen LogP contribution < -0.4 is 5.43 Å². The SMILES string of the molecule is O=C1OC2=C(CC1=NC(=O)c1ccccc1)/C(=N/Nc1ccccc1)CCC2. The third kappa shape index (κ3) is 3.91. The Labute approximate surface area is 162 Å². The molecule has 1 aliphatic heterocycles. The molecule has 0 atom stereocenters. The van der Waals surface area contributed by atoms with E-state index in [9.17, 15) is 9.59 Å². The molecule has 0 unspecified atom stereocenters. The van der Waals surface area contributed by atoms with E-state index in [4.69, 9.17) is 4.74 Å². The van der Waals surface area contributed by atoms with Gasteiger partial charge in [-0.15, -0.1) is 0 Å². The fourth-order valence-electron chi connectivity index (χ4n) is 3.22. The highest BCUT2D eigenvalue weighted by atomic mass is 16.5. The average Bonchev–Trinajstić information content (AvgIpc) is 2.74. The molecule has 0 saturated carbocycles. The number of anilines is 1. The smallest absolute Gasteiger partial charge is 0.358 e. The molecular weight excluding hydrogens is 354 g/mol. The Morgan fingerprint density at radius 2 is 1.64 bits per heavy atom. The van der Waals surface area contributed by atoms with E-state index < -0.39 is 11.9 Å². The number of carbonyl (C=O) groups is 2. The van der Waals surface area contributed by atoms with E-state index in [1.54, 1.807) is 24.3 Å². The van der Waals surface area contributed by atoms with Crippen LogP contribution in [0.3, 0.4) is 0 Å². The minimum absolute atomic E-state index is 0.113. The minimum atomic E-state index is -0.555. The van der Waals surface area contributed by atoms with Crippen molar-refractivity contribution in [1.29, 1.82) is 0 Å². The topological polar surface area (TPSA) is 80.1 Å². The first kappa shape index (κ1) is 17.9. The van der Waals surface area contributed by atoms with Crippen molar-refractivity contribution in [2.24, 2.45) is 10.1 Å². The minimum Gasteiger partial charge on any atom is -0.426 e. The molecule has 0 aromatic heterocycles. The number of allylic oxidation sites excluding steroid dienone is 2. The largest absolute Gasteiger partial charge is 0.426 e. The molecule has 2 aromatic carbocycles. The van der Waals surface area contributed by atoms with Gasteiger partial charge in [0.1, 0.15) is 11.5 Å². The van der Waals surface area contributed by atoms with Gasteiger partial charge in [0.25, 0.3) is 5.91 Å². The Kier molecular flexibility index (Phi) is 5.10. The third-order valence-electron chi connectivity index (χ3n) is 4.65. The lowest BCUT2D eigenvalue weighted by atomic mass is 9.90. The summed E-state index contributed by atoms with van der Waals surface area (Å²) in [7, 11) is 0. The van der Waals surface area contributed by atoms with Crippen molar-refractivity contribution in [3.63, 3.8) is 0 Å². The molecule has 0 fully saturated rings. The zero-order chi connectivity index (χ0) is 19.3. The van der Waals surface area contributed by atoms with E-state index in [1.165, 1.54) is 0 Å². The average molecular weight is 373 g/mol. The highest BCUT2D eigenvalue weighted by Gasteiger charge is 2.32. The molecule has 0 saturated heterocycles. The van der Waals surface area contributed by atoms with Crippen molar-refractivity contribution >= 4 is 29.0 Å². The van der Waals surface area contributed by atoms with Crippen LogP contribution in [0.1, 0.15) is 36.0 Å². The Morgan fingerprint density at radius 3 is 2.39 bits per heavy atom. The van der Waals surface area contributed by atoms with E-state index in [0.29, 0.717) is 17.7 Å². The number of benzene rings is 2. The second kappa shape index (κ2) is 8.00. The number of esters is 1. The molecule has 0 bridgehead atoms. The van der Waals surface area contributed by atoms with Crippen molar-refractivity contribution in [1.82, 2.24) is 0 Å². The van der Waals surface area contributed by atoms with Crippen LogP contribution in [0.15, 0.2) is 82.1 Å². The van der Waals surface area contributed by atoms with Crippen LogP contribution in [-0.2, 0) is 9.53 Å². The number of hydrogen-bond donors (Lipinski definition) is 1. The van der Waals surface area contributed by atoms with Gasteiger partial charge >= 0.3 is 5.97 Å². The molecule has 1 amide bonds. The predicted octanol–water partition coefficient (Wildman–Crippen LogP) is 4.12. The molecule has 1 aliphatic carbocycles. The van der Waals surface area contributed by atoms with Crippen LogP contribution in [0.5, 0.6) is 0 Å². The van der Waals surface area contributed by atoms with Crippen molar-refractivity contribution in [3.05, 3.63) is 77.6 Å². The lowest BCUT2D eigenvalue weighted by Crippen LogP contribution is -2.30. The van der Waals surface area contributed by atoms with Crippen LogP contribution in [0.25, 0.3) is 0 Å². The summed E-state index contributed by atoms with van der Waals surface area (Å²) in [6.07, 6.45) is 2.57. The summed E-state index contributed by atoms with van der Waals surface area (Å²) in [5.74, 6) is -0.371. The van der Waals surface area contributed by atoms with Crippen molar-refractivity contribution in [2.75, 3.05) is 5.43 Å². The molecule has 28 heavy (non-hydrogen) atoms. The quantitative estimate of drug-likeness (QED) is 0.648. The molecule has 0 spiro atoms. The number of aliphatic imine (C=N–C) groups is 1. The van der Waals surface area contributed by atoms with Crippen LogP contribution in [0, 0.1) is 0 Å². The normalized spacial score (nSPS) is 19.4. The molecule has 140 valence electrons. The summed E-state index contributed by atoms with van der Waals surface area (Å²) in [5.41, 5.74) is 6.15. The number of hydrogen-bond acceptors (Lipinski definition) is 5. The van der Waals surface area contributed by atoms with E-state index in [1.807, 2.05) is 36.4 Å². The highest BCUT2D eigenvalue weighted by Crippen LogP contribution is 2.30. The molecule has 0 radical (unpaired) electrons. The highest BCUT2D eigenvalue weighted by molar-refractivity contribution is 6.41. The first-order valence-corrected chi connectivity index (χ1v) is 9.20. The van der Waals surface area contributed by atoms with Gasteiger partial charge in [-0.05, 0) is 37.1 Å². The number of hydrazone groups is 1. The zero-order valence-electron chi connectivity index (χ0n) is 15.2. The number of rotatable bonds is 3. The van der Waals surface area contributed by atoms with Crippen LogP contribution in [0.4, 0.5) is 5.69 Å². The standard InChI is InChI=1S/C22H19N3O3/c26-21(15-8-3-1-4-9-15)23-19-14-17-18(12-7-13-20(17)28-22(19)27)25-24-16-10-5-2-6-11-16/h1-6,8-11,24H,7,12-14H2/b23-19?,25-18+. The molecule has 2 aromatic rings. The number of para-hydroxylation sites is 1. The van der Waals surface area contributed by atoms with E-state index >= 15 is 0 Å². The fraction of sp³-hybridized carbons (Fsp3) is 0.182. The number of ether oxygens (including phenoxy) is 1. The first-order valence-electron chi connectivity index (χ1n) is 9.20. The zero-order valence-corrected chi connectivity index (χ0v) is 15.2. The Balaban J connectivity index is 1.58. The van der Waals surface area contributed by atoms with Gasteiger partial charge < -0.3 is 4.74 Å². The van der Waals surface area contributed by atoms with Gasteiger partial charge in [0.2, 0.25) is 0 Å². The van der Waals surface area contributed by atoms with Gasteiger partial charge in [0.15, 0.2) is 0 Å². The van der Waals surface area contributed by atoms with Gasteiger partial charge in [-0.1, -0.05) is 36.4 Å². The molecule has 6 nitrogen and oxygen atoms in total. The fourth-order valence-corrected chi connectivity index (χ4v) is 3.22. The van der Waals surface area contributed by atoms with E-state index in [2.05, 4.69) is 15.5 Å². The Hall–Kier alpha value is -3.54. The lowest BCUT2D eigenvalue weighted by Gasteiger charge is -2.25.